The van der Waals surface area contributed by atoms with Crippen LogP contribution in [0.4, 0.5) is 0 Å². The third-order valence-electron chi connectivity index (χ3n) is 4.05. The third-order valence-corrected chi connectivity index (χ3v) is 4.05. The van der Waals surface area contributed by atoms with Gasteiger partial charge >= 0.3 is 5.97 Å². The van der Waals surface area contributed by atoms with Gasteiger partial charge in [-0.2, -0.15) is 0 Å². The number of piperidine rings is 1. The summed E-state index contributed by atoms with van der Waals surface area (Å²) >= 11 is 0. The molecule has 0 spiro atoms. The lowest BCUT2D eigenvalue weighted by molar-refractivity contribution is -0.153. The van der Waals surface area contributed by atoms with E-state index in [1.54, 1.807) is 0 Å². The largest absolute Gasteiger partial charge is 0.478 e. The molecule has 6 heteroatoms. The van der Waals surface area contributed by atoms with E-state index in [1.165, 1.54) is 23.2 Å². The Morgan fingerprint density at radius 3 is 2.55 bits per heavy atom. The van der Waals surface area contributed by atoms with Crippen molar-refractivity contribution in [3.63, 3.8) is 0 Å². The molecule has 20 heavy (non-hydrogen) atoms. The van der Waals surface area contributed by atoms with Gasteiger partial charge in [0.1, 0.15) is 0 Å². The zero-order valence-electron chi connectivity index (χ0n) is 10.8. The first-order chi connectivity index (χ1) is 9.56. The van der Waals surface area contributed by atoms with E-state index < -0.39 is 5.97 Å². The maximum Gasteiger partial charge on any atom is 0.335 e. The summed E-state index contributed by atoms with van der Waals surface area (Å²) < 4.78 is 0. The molecule has 1 aliphatic carbocycles. The minimum atomic E-state index is -1.05. The molecule has 2 heterocycles. The van der Waals surface area contributed by atoms with Gasteiger partial charge in [0, 0.05) is 18.0 Å². The quantitative estimate of drug-likeness (QED) is 0.833. The predicted molar refractivity (Wildman–Crippen MR) is 67.6 cm³/mol. The van der Waals surface area contributed by atoms with Crippen molar-refractivity contribution in [2.24, 2.45) is 11.8 Å². The van der Waals surface area contributed by atoms with Gasteiger partial charge in [0.15, 0.2) is 0 Å². The molecule has 3 rings (SSSR count). The second-order valence-electron chi connectivity index (χ2n) is 5.31. The molecule has 1 saturated heterocycles. The molecule has 104 valence electrons. The molecule has 1 aliphatic heterocycles. The molecule has 6 nitrogen and oxygen atoms in total. The maximum absolute atomic E-state index is 12.2. The molecular weight excluding hydrogens is 260 g/mol. The van der Waals surface area contributed by atoms with Crippen molar-refractivity contribution >= 4 is 17.8 Å². The van der Waals surface area contributed by atoms with Crippen LogP contribution in [0.3, 0.4) is 0 Å². The molecule has 2 atom stereocenters. The normalized spacial score (nSPS) is 25.1. The van der Waals surface area contributed by atoms with Crippen molar-refractivity contribution in [3.8, 4) is 0 Å². The monoisotopic (exact) mass is 274 g/mol. The van der Waals surface area contributed by atoms with Crippen LogP contribution >= 0.6 is 0 Å². The molecule has 1 saturated carbocycles. The number of rotatable bonds is 3. The Morgan fingerprint density at radius 2 is 1.95 bits per heavy atom. The fourth-order valence-electron chi connectivity index (χ4n) is 2.99. The number of amides is 2. The van der Waals surface area contributed by atoms with E-state index in [0.29, 0.717) is 12.1 Å². The average molecular weight is 274 g/mol. The predicted octanol–water partition coefficient (Wildman–Crippen LogP) is 1.06. The van der Waals surface area contributed by atoms with Crippen molar-refractivity contribution < 1.29 is 19.5 Å². The first kappa shape index (κ1) is 12.8. The topological polar surface area (TPSA) is 87.6 Å². The van der Waals surface area contributed by atoms with E-state index in [0.717, 1.165) is 12.8 Å². The van der Waals surface area contributed by atoms with Gasteiger partial charge in [-0.1, -0.05) is 0 Å². The number of fused-ring (bicyclic) bond motifs is 2. The van der Waals surface area contributed by atoms with Crippen molar-refractivity contribution in [1.29, 1.82) is 0 Å². The minimum Gasteiger partial charge on any atom is -0.478 e. The Bertz CT molecular complexity index is 577. The second kappa shape index (κ2) is 4.70. The van der Waals surface area contributed by atoms with Crippen LogP contribution in [-0.4, -0.2) is 32.8 Å². The number of carbonyl (C=O) groups is 3. The maximum atomic E-state index is 12.2. The van der Waals surface area contributed by atoms with Gasteiger partial charge in [0.25, 0.3) is 0 Å². The van der Waals surface area contributed by atoms with E-state index in [2.05, 4.69) is 4.98 Å². The average Bonchev–Trinajstić information content (AvgIpc) is 2.89. The highest BCUT2D eigenvalue weighted by atomic mass is 16.4. The van der Waals surface area contributed by atoms with Crippen molar-refractivity contribution in [1.82, 2.24) is 9.88 Å². The Labute approximate surface area is 115 Å². The number of nitrogens with zero attached hydrogens (tertiary/aromatic N) is 2. The van der Waals surface area contributed by atoms with Gasteiger partial charge in [-0.15, -0.1) is 0 Å². The number of hydrogen-bond acceptors (Lipinski definition) is 4. The van der Waals surface area contributed by atoms with Gasteiger partial charge in [-0.3, -0.25) is 19.5 Å². The molecule has 2 aliphatic rings. The lowest BCUT2D eigenvalue weighted by Crippen LogP contribution is -2.45. The van der Waals surface area contributed by atoms with E-state index in [1.807, 2.05) is 0 Å². The summed E-state index contributed by atoms with van der Waals surface area (Å²) in [5.41, 5.74) is 0.530. The van der Waals surface area contributed by atoms with Gasteiger partial charge in [-0.25, -0.2) is 4.79 Å². The summed E-state index contributed by atoms with van der Waals surface area (Å²) in [6, 6.07) is 2.79. The van der Waals surface area contributed by atoms with E-state index in [4.69, 9.17) is 5.11 Å². The number of aromatic nitrogens is 1. The number of likely N-dealkylation sites (tertiary alicyclic amines) is 1. The molecule has 1 aromatic rings. The fourth-order valence-corrected chi connectivity index (χ4v) is 2.99. The van der Waals surface area contributed by atoms with Crippen LogP contribution in [0.25, 0.3) is 0 Å². The van der Waals surface area contributed by atoms with Crippen LogP contribution in [0.2, 0.25) is 0 Å². The van der Waals surface area contributed by atoms with Gasteiger partial charge in [0.05, 0.1) is 17.8 Å². The number of hydrogen-bond donors (Lipinski definition) is 1. The van der Waals surface area contributed by atoms with Crippen LogP contribution in [0.15, 0.2) is 18.3 Å². The molecule has 2 amide bonds. The smallest absolute Gasteiger partial charge is 0.335 e. The number of pyridine rings is 1. The lowest BCUT2D eigenvalue weighted by atomic mass is 9.97. The van der Waals surface area contributed by atoms with E-state index in [9.17, 15) is 14.4 Å². The second-order valence-corrected chi connectivity index (χ2v) is 5.31. The van der Waals surface area contributed by atoms with Crippen LogP contribution in [0.1, 0.15) is 35.3 Å². The van der Waals surface area contributed by atoms with Crippen LogP contribution in [-0.2, 0) is 16.1 Å². The summed E-state index contributed by atoms with van der Waals surface area (Å²) in [7, 11) is 0. The fraction of sp³-hybridized carbons (Fsp3) is 0.429. The van der Waals surface area contributed by atoms with Gasteiger partial charge in [-0.05, 0) is 31.4 Å². The van der Waals surface area contributed by atoms with Crippen LogP contribution < -0.4 is 0 Å². The SMILES string of the molecule is O=C(O)c1ccnc(CN2C(=O)C3CCC(C3)C2=O)c1. The van der Waals surface area contributed by atoms with Gasteiger partial charge < -0.3 is 5.11 Å². The Kier molecular flexibility index (Phi) is 3.00. The molecule has 2 unspecified atom stereocenters. The number of carboxylic acids is 1. The summed E-state index contributed by atoms with van der Waals surface area (Å²) in [6.07, 6.45) is 3.59. The minimum absolute atomic E-state index is 0.0552. The molecule has 2 bridgehead atoms. The van der Waals surface area contributed by atoms with E-state index in [-0.39, 0.29) is 35.8 Å². The zero-order chi connectivity index (χ0) is 14.3. The van der Waals surface area contributed by atoms with Crippen LogP contribution in [0, 0.1) is 11.8 Å². The summed E-state index contributed by atoms with van der Waals surface area (Å²) in [5.74, 6) is -1.46. The summed E-state index contributed by atoms with van der Waals surface area (Å²) in [6.45, 7) is 0.0613. The summed E-state index contributed by atoms with van der Waals surface area (Å²) in [5, 5.41) is 8.94. The molecule has 0 radical (unpaired) electrons. The highest BCUT2D eigenvalue weighted by Gasteiger charge is 2.45. The Hall–Kier alpha value is -2.24. The molecule has 0 aromatic carbocycles. The van der Waals surface area contributed by atoms with E-state index >= 15 is 0 Å². The first-order valence-electron chi connectivity index (χ1n) is 6.59. The Morgan fingerprint density at radius 1 is 1.30 bits per heavy atom. The van der Waals surface area contributed by atoms with Gasteiger partial charge in [0.2, 0.25) is 11.8 Å². The molecular formula is C14H14N2O4. The third kappa shape index (κ3) is 2.07. The van der Waals surface area contributed by atoms with Crippen molar-refractivity contribution in [2.45, 2.75) is 25.8 Å². The summed E-state index contributed by atoms with van der Waals surface area (Å²) in [4.78, 5) is 40.6. The first-order valence-corrected chi connectivity index (χ1v) is 6.59. The lowest BCUT2D eigenvalue weighted by Gasteiger charge is -2.29. The van der Waals surface area contributed by atoms with Crippen molar-refractivity contribution in [2.75, 3.05) is 0 Å². The molecule has 1 aromatic heterocycles. The Balaban J connectivity index is 1.83. The number of imide groups is 1. The highest BCUT2D eigenvalue weighted by Crippen LogP contribution is 2.38. The molecule has 2 fully saturated rings. The van der Waals surface area contributed by atoms with Crippen molar-refractivity contribution in [3.05, 3.63) is 29.6 Å². The molecule has 1 N–H and O–H groups in total. The van der Waals surface area contributed by atoms with Crippen LogP contribution in [0.5, 0.6) is 0 Å². The highest BCUT2D eigenvalue weighted by molar-refractivity contribution is 6.00. The number of aromatic carboxylic acids is 1. The zero-order valence-corrected chi connectivity index (χ0v) is 10.8. The number of carboxylic acid groups (broad SMARTS) is 1. The number of carbonyl (C=O) groups excluding carboxylic acids is 2. The standard InChI is InChI=1S/C14H14N2O4/c17-12-8-1-2-9(5-8)13(18)16(12)7-11-6-10(14(19)20)3-4-15-11/h3-4,6,8-9H,1-2,5,7H2,(H,19,20).